The normalized spacial score (nSPS) is 24.0. The Labute approximate surface area is 110 Å². The molecule has 0 aliphatic carbocycles. The number of rotatable bonds is 2. The number of thiophene rings is 1. The van der Waals surface area contributed by atoms with E-state index in [-0.39, 0.29) is 11.8 Å². The molecule has 1 aromatic rings. The maximum atomic E-state index is 12.3. The van der Waals surface area contributed by atoms with E-state index >= 15 is 0 Å². The molecule has 1 fully saturated rings. The summed E-state index contributed by atoms with van der Waals surface area (Å²) >= 11 is 1.42. The largest absolute Gasteiger partial charge is 0.480 e. The van der Waals surface area contributed by atoms with Crippen molar-refractivity contribution < 1.29 is 14.7 Å². The molecule has 1 saturated heterocycles. The monoisotopic (exact) mass is 267 g/mol. The Balaban J connectivity index is 2.24. The molecule has 1 N–H and O–H groups in total. The van der Waals surface area contributed by atoms with Crippen molar-refractivity contribution in [2.24, 2.45) is 5.92 Å². The number of carbonyl (C=O) groups excluding carboxylic acids is 1. The zero-order valence-electron chi connectivity index (χ0n) is 10.5. The molecule has 0 saturated carbocycles. The molecule has 2 rings (SSSR count). The van der Waals surface area contributed by atoms with Crippen molar-refractivity contribution in [1.29, 1.82) is 0 Å². The van der Waals surface area contributed by atoms with Gasteiger partial charge >= 0.3 is 5.97 Å². The topological polar surface area (TPSA) is 57.6 Å². The maximum Gasteiger partial charge on any atom is 0.326 e. The highest BCUT2D eigenvalue weighted by atomic mass is 32.1. The number of aliphatic carboxylic acids is 1. The van der Waals surface area contributed by atoms with Gasteiger partial charge in [-0.25, -0.2) is 4.79 Å². The number of amides is 1. The van der Waals surface area contributed by atoms with E-state index in [1.807, 2.05) is 19.9 Å². The van der Waals surface area contributed by atoms with Crippen molar-refractivity contribution in [3.63, 3.8) is 0 Å². The Hall–Kier alpha value is -1.36. The molecule has 1 amide bonds. The molecular weight excluding hydrogens is 250 g/mol. The minimum absolute atomic E-state index is 0.0151. The number of likely N-dealkylation sites (tertiary alicyclic amines) is 1. The van der Waals surface area contributed by atoms with Crippen LogP contribution in [0, 0.1) is 12.8 Å². The van der Waals surface area contributed by atoms with Gasteiger partial charge < -0.3 is 10.0 Å². The number of carboxylic acids is 1. The van der Waals surface area contributed by atoms with Crippen LogP contribution in [0.2, 0.25) is 0 Å². The second-order valence-corrected chi connectivity index (χ2v) is 6.10. The van der Waals surface area contributed by atoms with Crippen molar-refractivity contribution >= 4 is 23.2 Å². The summed E-state index contributed by atoms with van der Waals surface area (Å²) in [5, 5.41) is 9.29. The summed E-state index contributed by atoms with van der Waals surface area (Å²) in [7, 11) is 0. The first kappa shape index (κ1) is 13.1. The third-order valence-electron chi connectivity index (χ3n) is 3.40. The molecule has 2 unspecified atom stereocenters. The minimum Gasteiger partial charge on any atom is -0.480 e. The van der Waals surface area contributed by atoms with Crippen LogP contribution in [-0.2, 0) is 4.79 Å². The molecule has 0 spiro atoms. The van der Waals surface area contributed by atoms with E-state index in [1.54, 1.807) is 6.07 Å². The van der Waals surface area contributed by atoms with Gasteiger partial charge in [-0.05, 0) is 37.8 Å². The van der Waals surface area contributed by atoms with E-state index in [0.717, 1.165) is 17.7 Å². The number of carboxylic acid groups (broad SMARTS) is 1. The molecule has 2 heterocycles. The lowest BCUT2D eigenvalue weighted by Gasteiger charge is -2.37. The highest BCUT2D eigenvalue weighted by Crippen LogP contribution is 2.27. The molecule has 98 valence electrons. The summed E-state index contributed by atoms with van der Waals surface area (Å²) in [6.45, 7) is 4.38. The Morgan fingerprint density at radius 3 is 2.72 bits per heavy atom. The summed E-state index contributed by atoms with van der Waals surface area (Å²) in [6.07, 6.45) is 1.74. The standard InChI is InChI=1S/C13H17NO3S/c1-8-4-3-7-14(11(8)13(16)17)12(15)10-6-5-9(2)18-10/h5-6,8,11H,3-4,7H2,1-2H3,(H,16,17). The minimum atomic E-state index is -0.899. The smallest absolute Gasteiger partial charge is 0.326 e. The molecule has 1 aromatic heterocycles. The van der Waals surface area contributed by atoms with E-state index in [0.29, 0.717) is 11.4 Å². The van der Waals surface area contributed by atoms with Gasteiger partial charge in [-0.3, -0.25) is 4.79 Å². The average Bonchev–Trinajstić information content (AvgIpc) is 2.74. The summed E-state index contributed by atoms with van der Waals surface area (Å²) in [5.41, 5.74) is 0. The first-order valence-electron chi connectivity index (χ1n) is 6.11. The predicted molar refractivity (Wildman–Crippen MR) is 69.9 cm³/mol. The number of nitrogens with zero attached hydrogens (tertiary/aromatic N) is 1. The van der Waals surface area contributed by atoms with Crippen molar-refractivity contribution in [3.8, 4) is 0 Å². The Morgan fingerprint density at radius 1 is 1.44 bits per heavy atom. The Morgan fingerprint density at radius 2 is 2.17 bits per heavy atom. The van der Waals surface area contributed by atoms with E-state index in [4.69, 9.17) is 0 Å². The van der Waals surface area contributed by atoms with Crippen LogP contribution in [0.15, 0.2) is 12.1 Å². The first-order valence-corrected chi connectivity index (χ1v) is 6.92. The Kier molecular flexibility index (Phi) is 3.71. The third-order valence-corrected chi connectivity index (χ3v) is 4.39. The lowest BCUT2D eigenvalue weighted by molar-refractivity contribution is -0.145. The predicted octanol–water partition coefficient (Wildman–Crippen LogP) is 2.38. The number of piperidine rings is 1. The summed E-state index contributed by atoms with van der Waals surface area (Å²) in [6, 6.07) is 2.98. The molecule has 5 heteroatoms. The van der Waals surface area contributed by atoms with Crippen LogP contribution >= 0.6 is 11.3 Å². The van der Waals surface area contributed by atoms with Gasteiger partial charge in [0.1, 0.15) is 6.04 Å². The van der Waals surface area contributed by atoms with Crippen LogP contribution in [0.5, 0.6) is 0 Å². The van der Waals surface area contributed by atoms with Crippen LogP contribution < -0.4 is 0 Å². The quantitative estimate of drug-likeness (QED) is 0.895. The number of carbonyl (C=O) groups is 2. The van der Waals surface area contributed by atoms with Gasteiger partial charge in [0, 0.05) is 11.4 Å². The first-order chi connectivity index (χ1) is 8.50. The molecule has 18 heavy (non-hydrogen) atoms. The lowest BCUT2D eigenvalue weighted by Crippen LogP contribution is -2.51. The summed E-state index contributed by atoms with van der Waals surface area (Å²) in [5.74, 6) is -1.03. The average molecular weight is 267 g/mol. The fourth-order valence-electron chi connectivity index (χ4n) is 2.48. The van der Waals surface area contributed by atoms with Gasteiger partial charge in [-0.2, -0.15) is 0 Å². The lowest BCUT2D eigenvalue weighted by atomic mass is 9.90. The summed E-state index contributed by atoms with van der Waals surface area (Å²) in [4.78, 5) is 26.9. The number of hydrogen-bond acceptors (Lipinski definition) is 3. The van der Waals surface area contributed by atoms with Gasteiger partial charge in [0.25, 0.3) is 5.91 Å². The zero-order chi connectivity index (χ0) is 13.3. The molecule has 2 atom stereocenters. The highest BCUT2D eigenvalue weighted by Gasteiger charge is 2.37. The van der Waals surface area contributed by atoms with Crippen molar-refractivity contribution in [3.05, 3.63) is 21.9 Å². The molecule has 0 radical (unpaired) electrons. The summed E-state index contributed by atoms with van der Waals surface area (Å²) < 4.78 is 0. The van der Waals surface area contributed by atoms with Crippen molar-refractivity contribution in [2.45, 2.75) is 32.7 Å². The van der Waals surface area contributed by atoms with Crippen LogP contribution in [-0.4, -0.2) is 34.5 Å². The van der Waals surface area contributed by atoms with Crippen LogP contribution in [0.25, 0.3) is 0 Å². The van der Waals surface area contributed by atoms with E-state index in [2.05, 4.69) is 0 Å². The van der Waals surface area contributed by atoms with Gasteiger partial charge in [0.2, 0.25) is 0 Å². The van der Waals surface area contributed by atoms with E-state index in [9.17, 15) is 14.7 Å². The van der Waals surface area contributed by atoms with Gasteiger partial charge in [0.15, 0.2) is 0 Å². The fourth-order valence-corrected chi connectivity index (χ4v) is 3.31. The second kappa shape index (κ2) is 5.10. The SMILES string of the molecule is Cc1ccc(C(=O)N2CCCC(C)C2C(=O)O)s1. The number of aryl methyl sites for hydroxylation is 1. The van der Waals surface area contributed by atoms with E-state index < -0.39 is 12.0 Å². The van der Waals surface area contributed by atoms with E-state index in [1.165, 1.54) is 16.2 Å². The van der Waals surface area contributed by atoms with Crippen LogP contribution in [0.3, 0.4) is 0 Å². The molecule has 1 aliphatic heterocycles. The zero-order valence-corrected chi connectivity index (χ0v) is 11.4. The van der Waals surface area contributed by atoms with Gasteiger partial charge in [0.05, 0.1) is 4.88 Å². The number of hydrogen-bond donors (Lipinski definition) is 1. The third kappa shape index (κ3) is 2.41. The Bertz CT molecular complexity index is 469. The highest BCUT2D eigenvalue weighted by molar-refractivity contribution is 7.13. The fraction of sp³-hybridized carbons (Fsp3) is 0.538. The van der Waals surface area contributed by atoms with Crippen LogP contribution in [0.1, 0.15) is 34.3 Å². The van der Waals surface area contributed by atoms with Crippen LogP contribution in [0.4, 0.5) is 0 Å². The molecular formula is C13H17NO3S. The maximum absolute atomic E-state index is 12.3. The van der Waals surface area contributed by atoms with Gasteiger partial charge in [-0.1, -0.05) is 6.92 Å². The van der Waals surface area contributed by atoms with Crippen molar-refractivity contribution in [1.82, 2.24) is 4.90 Å². The molecule has 4 nitrogen and oxygen atoms in total. The molecule has 1 aliphatic rings. The molecule has 0 bridgehead atoms. The second-order valence-electron chi connectivity index (χ2n) is 4.81. The van der Waals surface area contributed by atoms with Crippen molar-refractivity contribution in [2.75, 3.05) is 6.54 Å². The van der Waals surface area contributed by atoms with Gasteiger partial charge in [-0.15, -0.1) is 11.3 Å². The molecule has 0 aromatic carbocycles.